The molecule has 0 aromatic heterocycles. The Balaban J connectivity index is 2.82. The summed E-state index contributed by atoms with van der Waals surface area (Å²) in [5.74, 6) is 0. The van der Waals surface area contributed by atoms with E-state index in [2.05, 4.69) is 0 Å². The summed E-state index contributed by atoms with van der Waals surface area (Å²) >= 11 is 0. The summed E-state index contributed by atoms with van der Waals surface area (Å²) in [6.07, 6.45) is -9.79. The van der Waals surface area contributed by atoms with E-state index in [1.807, 2.05) is 0 Å². The average Bonchev–Trinajstić information content (AvgIpc) is 2.36. The predicted octanol–water partition coefficient (Wildman–Crippen LogP) is 1.20. The summed E-state index contributed by atoms with van der Waals surface area (Å²) in [5.41, 5.74) is -2.94. The molecule has 2 atom stereocenters. The molecule has 66 valence electrons. The van der Waals surface area contributed by atoms with Crippen molar-refractivity contribution in [1.82, 2.24) is 5.32 Å². The van der Waals surface area contributed by atoms with Gasteiger partial charge in [-0.2, -0.15) is 13.2 Å². The zero-order chi connectivity index (χ0) is 8.86. The standard InChI is InChI=1S/C5H6F5N/c1-11-4(5(8,9)10)2(6)3(4)7/h2-3,11H,1H3. The fourth-order valence-electron chi connectivity index (χ4n) is 1.04. The van der Waals surface area contributed by atoms with Crippen molar-refractivity contribution < 1.29 is 22.0 Å². The van der Waals surface area contributed by atoms with Gasteiger partial charge in [0.2, 0.25) is 0 Å². The maximum absolute atomic E-state index is 12.2. The Morgan fingerprint density at radius 1 is 1.18 bits per heavy atom. The van der Waals surface area contributed by atoms with Crippen molar-refractivity contribution in [3.8, 4) is 0 Å². The van der Waals surface area contributed by atoms with Crippen LogP contribution in [0.3, 0.4) is 0 Å². The van der Waals surface area contributed by atoms with Gasteiger partial charge in [-0.05, 0) is 7.05 Å². The van der Waals surface area contributed by atoms with Gasteiger partial charge in [0.25, 0.3) is 0 Å². The van der Waals surface area contributed by atoms with Crippen molar-refractivity contribution in [2.75, 3.05) is 7.05 Å². The monoisotopic (exact) mass is 175 g/mol. The van der Waals surface area contributed by atoms with E-state index in [1.54, 1.807) is 5.32 Å². The molecule has 0 aromatic rings. The van der Waals surface area contributed by atoms with Crippen LogP contribution in [0.5, 0.6) is 0 Å². The molecule has 1 fully saturated rings. The Labute approximate surface area is 59.6 Å². The van der Waals surface area contributed by atoms with Crippen molar-refractivity contribution in [3.05, 3.63) is 0 Å². The Kier molecular flexibility index (Phi) is 1.63. The molecule has 0 heterocycles. The first kappa shape index (κ1) is 8.70. The van der Waals surface area contributed by atoms with Gasteiger partial charge in [-0.3, -0.25) is 0 Å². The third kappa shape index (κ3) is 0.849. The van der Waals surface area contributed by atoms with Crippen LogP contribution in [0.15, 0.2) is 0 Å². The second kappa shape index (κ2) is 2.06. The van der Waals surface area contributed by atoms with Crippen molar-refractivity contribution in [2.24, 2.45) is 0 Å². The van der Waals surface area contributed by atoms with Gasteiger partial charge < -0.3 is 5.32 Å². The van der Waals surface area contributed by atoms with Crippen LogP contribution >= 0.6 is 0 Å². The summed E-state index contributed by atoms with van der Waals surface area (Å²) in [4.78, 5) is 0. The second-order valence-electron chi connectivity index (χ2n) is 2.42. The van der Waals surface area contributed by atoms with E-state index in [0.29, 0.717) is 0 Å². The van der Waals surface area contributed by atoms with Crippen LogP contribution in [-0.4, -0.2) is 31.1 Å². The van der Waals surface area contributed by atoms with Crippen LogP contribution in [0.2, 0.25) is 0 Å². The molecule has 0 saturated heterocycles. The summed E-state index contributed by atoms with van der Waals surface area (Å²) in [5, 5.41) is 1.62. The first-order chi connectivity index (χ1) is 4.88. The lowest BCUT2D eigenvalue weighted by atomic mass is 10.2. The molecule has 6 heteroatoms. The molecule has 0 spiro atoms. The van der Waals surface area contributed by atoms with Crippen LogP contribution in [0.4, 0.5) is 22.0 Å². The van der Waals surface area contributed by atoms with Crippen molar-refractivity contribution in [1.29, 1.82) is 0 Å². The molecule has 0 amide bonds. The van der Waals surface area contributed by atoms with Crippen LogP contribution in [-0.2, 0) is 0 Å². The molecular weight excluding hydrogens is 169 g/mol. The molecule has 0 bridgehead atoms. The van der Waals surface area contributed by atoms with E-state index in [4.69, 9.17) is 0 Å². The molecule has 1 N–H and O–H groups in total. The first-order valence-electron chi connectivity index (χ1n) is 2.91. The highest BCUT2D eigenvalue weighted by Gasteiger charge is 2.81. The number of hydrogen-bond donors (Lipinski definition) is 1. The molecule has 0 aromatic carbocycles. The van der Waals surface area contributed by atoms with Crippen LogP contribution in [0, 0.1) is 0 Å². The molecule has 2 unspecified atom stereocenters. The zero-order valence-corrected chi connectivity index (χ0v) is 5.54. The summed E-state index contributed by atoms with van der Waals surface area (Å²) in [7, 11) is 0.889. The molecule has 1 rings (SSSR count). The summed E-state index contributed by atoms with van der Waals surface area (Å²) < 4.78 is 59.9. The molecule has 0 aliphatic heterocycles. The van der Waals surface area contributed by atoms with E-state index in [9.17, 15) is 22.0 Å². The second-order valence-corrected chi connectivity index (χ2v) is 2.42. The highest BCUT2D eigenvalue weighted by atomic mass is 19.4. The third-order valence-electron chi connectivity index (χ3n) is 1.90. The van der Waals surface area contributed by atoms with Gasteiger partial charge >= 0.3 is 6.18 Å². The maximum Gasteiger partial charge on any atom is 0.412 e. The highest BCUT2D eigenvalue weighted by Crippen LogP contribution is 2.52. The van der Waals surface area contributed by atoms with Gasteiger partial charge in [-0.25, -0.2) is 8.78 Å². The summed E-state index contributed by atoms with van der Waals surface area (Å²) in [6, 6.07) is 0. The van der Waals surface area contributed by atoms with Crippen LogP contribution in [0.25, 0.3) is 0 Å². The van der Waals surface area contributed by atoms with Gasteiger partial charge in [-0.15, -0.1) is 0 Å². The van der Waals surface area contributed by atoms with Crippen LogP contribution in [0.1, 0.15) is 0 Å². The van der Waals surface area contributed by atoms with Crippen LogP contribution < -0.4 is 5.32 Å². The Hall–Kier alpha value is -0.390. The fraction of sp³-hybridized carbons (Fsp3) is 1.00. The van der Waals surface area contributed by atoms with E-state index >= 15 is 0 Å². The average molecular weight is 175 g/mol. The smallest absolute Gasteiger partial charge is 0.302 e. The number of rotatable bonds is 1. The Morgan fingerprint density at radius 2 is 1.55 bits per heavy atom. The van der Waals surface area contributed by atoms with Crippen molar-refractivity contribution >= 4 is 0 Å². The Bertz CT molecular complexity index is 157. The zero-order valence-electron chi connectivity index (χ0n) is 5.54. The molecule has 1 saturated carbocycles. The summed E-state index contributed by atoms with van der Waals surface area (Å²) in [6.45, 7) is 0. The van der Waals surface area contributed by atoms with Gasteiger partial charge in [0, 0.05) is 0 Å². The highest BCUT2D eigenvalue weighted by molar-refractivity contribution is 5.25. The van der Waals surface area contributed by atoms with Crippen molar-refractivity contribution in [2.45, 2.75) is 24.1 Å². The molecule has 1 nitrogen and oxygen atoms in total. The van der Waals surface area contributed by atoms with Crippen molar-refractivity contribution in [3.63, 3.8) is 0 Å². The van der Waals surface area contributed by atoms with Gasteiger partial charge in [0.15, 0.2) is 17.9 Å². The lowest BCUT2D eigenvalue weighted by molar-refractivity contribution is -0.173. The lowest BCUT2D eigenvalue weighted by Crippen LogP contribution is -2.47. The number of hydrogen-bond acceptors (Lipinski definition) is 1. The maximum atomic E-state index is 12.2. The largest absolute Gasteiger partial charge is 0.412 e. The number of nitrogens with one attached hydrogen (secondary N) is 1. The first-order valence-corrected chi connectivity index (χ1v) is 2.91. The predicted molar refractivity (Wildman–Crippen MR) is 27.6 cm³/mol. The molecule has 11 heavy (non-hydrogen) atoms. The number of halogens is 5. The molecule has 1 aliphatic carbocycles. The van der Waals surface area contributed by atoms with Gasteiger partial charge in [0.1, 0.15) is 0 Å². The fourth-order valence-corrected chi connectivity index (χ4v) is 1.04. The number of alkyl halides is 5. The van der Waals surface area contributed by atoms with E-state index < -0.39 is 24.1 Å². The minimum Gasteiger partial charge on any atom is -0.302 e. The topological polar surface area (TPSA) is 12.0 Å². The molecule has 1 aliphatic rings. The molecule has 0 radical (unpaired) electrons. The van der Waals surface area contributed by atoms with Gasteiger partial charge in [0.05, 0.1) is 0 Å². The Morgan fingerprint density at radius 3 is 1.55 bits per heavy atom. The van der Waals surface area contributed by atoms with E-state index in [1.165, 1.54) is 0 Å². The normalized spacial score (nSPS) is 44.2. The minimum absolute atomic E-state index is 0.889. The lowest BCUT2D eigenvalue weighted by Gasteiger charge is -2.17. The quantitative estimate of drug-likeness (QED) is 0.590. The van der Waals surface area contributed by atoms with Gasteiger partial charge in [-0.1, -0.05) is 0 Å². The van der Waals surface area contributed by atoms with E-state index in [-0.39, 0.29) is 0 Å². The van der Waals surface area contributed by atoms with E-state index in [0.717, 1.165) is 7.05 Å². The minimum atomic E-state index is -4.86. The molecular formula is C5H6F5N. The third-order valence-corrected chi connectivity index (χ3v) is 1.90. The SMILES string of the molecule is CNC1(C(F)(F)F)C(F)C1F.